The van der Waals surface area contributed by atoms with Gasteiger partial charge in [0.05, 0.1) is 31.5 Å². The molecule has 38 heavy (non-hydrogen) atoms. The molecule has 0 aliphatic carbocycles. The van der Waals surface area contributed by atoms with E-state index in [1.54, 1.807) is 54.6 Å². The van der Waals surface area contributed by atoms with E-state index in [4.69, 9.17) is 30.5 Å². The van der Waals surface area contributed by atoms with Gasteiger partial charge >= 0.3 is 0 Å². The summed E-state index contributed by atoms with van der Waals surface area (Å²) in [6.07, 6.45) is 1.37. The highest BCUT2D eigenvalue weighted by molar-refractivity contribution is 6.32. The van der Waals surface area contributed by atoms with Crippen LogP contribution in [0.4, 0.5) is 11.4 Å². The molecular formula is C28H26ClN3O6. The summed E-state index contributed by atoms with van der Waals surface area (Å²) in [6, 6.07) is 18.7. The number of hydrogen-bond donors (Lipinski definition) is 2. The number of benzene rings is 3. The van der Waals surface area contributed by atoms with Crippen LogP contribution >= 0.6 is 11.6 Å². The summed E-state index contributed by atoms with van der Waals surface area (Å²) in [4.78, 5) is 25.1. The third-order valence-electron chi connectivity index (χ3n) is 5.08. The Morgan fingerprint density at radius 1 is 0.974 bits per heavy atom. The number of para-hydroxylation sites is 2. The van der Waals surface area contributed by atoms with Crippen LogP contribution in [0, 0.1) is 11.3 Å². The molecule has 0 saturated heterocycles. The Hall–Kier alpha value is -4.68. The Morgan fingerprint density at radius 2 is 1.68 bits per heavy atom. The topological polar surface area (TPSA) is 119 Å². The SMILES string of the molecule is CCOc1ccc(NC(=O)/C(C#N)=C/c2cc(Cl)c(OCC(=O)Nc3ccccc3OC)c(OC)c2)cc1. The molecule has 0 unspecified atom stereocenters. The molecule has 0 heterocycles. The first kappa shape index (κ1) is 27.9. The van der Waals surface area contributed by atoms with Crippen LogP contribution in [0.3, 0.4) is 0 Å². The molecule has 9 nitrogen and oxygen atoms in total. The summed E-state index contributed by atoms with van der Waals surface area (Å²) in [7, 11) is 2.91. The number of methoxy groups -OCH3 is 2. The summed E-state index contributed by atoms with van der Waals surface area (Å²) < 4.78 is 21.6. The van der Waals surface area contributed by atoms with Crippen LogP contribution in [-0.2, 0) is 9.59 Å². The van der Waals surface area contributed by atoms with Gasteiger partial charge in [0, 0.05) is 5.69 Å². The van der Waals surface area contributed by atoms with Crippen molar-refractivity contribution in [2.24, 2.45) is 0 Å². The van der Waals surface area contributed by atoms with Gasteiger partial charge in [-0.05, 0) is 67.1 Å². The zero-order chi connectivity index (χ0) is 27.5. The van der Waals surface area contributed by atoms with Crippen LogP contribution in [-0.4, -0.2) is 39.2 Å². The van der Waals surface area contributed by atoms with Gasteiger partial charge in [-0.15, -0.1) is 0 Å². The minimum absolute atomic E-state index is 0.130. The van der Waals surface area contributed by atoms with Gasteiger partial charge in [-0.3, -0.25) is 9.59 Å². The molecule has 10 heteroatoms. The van der Waals surface area contributed by atoms with Crippen molar-refractivity contribution in [3.05, 3.63) is 76.8 Å². The molecular weight excluding hydrogens is 510 g/mol. The molecule has 3 aromatic rings. The summed E-state index contributed by atoms with van der Waals surface area (Å²) in [5, 5.41) is 15.1. The number of carbonyl (C=O) groups excluding carboxylic acids is 2. The highest BCUT2D eigenvalue weighted by Gasteiger charge is 2.16. The molecule has 0 aliphatic heterocycles. The van der Waals surface area contributed by atoms with E-state index >= 15 is 0 Å². The third kappa shape index (κ3) is 7.41. The number of hydrogen-bond acceptors (Lipinski definition) is 7. The Kier molecular flexibility index (Phi) is 9.97. The van der Waals surface area contributed by atoms with Gasteiger partial charge in [-0.2, -0.15) is 5.26 Å². The van der Waals surface area contributed by atoms with Gasteiger partial charge in [0.25, 0.3) is 11.8 Å². The minimum Gasteiger partial charge on any atom is -0.495 e. The molecule has 2 N–H and O–H groups in total. The molecule has 0 aliphatic rings. The fraction of sp³-hybridized carbons (Fsp3) is 0.179. The Morgan fingerprint density at radius 3 is 2.34 bits per heavy atom. The first-order valence-corrected chi connectivity index (χ1v) is 11.9. The van der Waals surface area contributed by atoms with Gasteiger partial charge in [0.1, 0.15) is 23.1 Å². The van der Waals surface area contributed by atoms with Crippen molar-refractivity contribution in [2.75, 3.05) is 38.1 Å². The average Bonchev–Trinajstić information content (AvgIpc) is 2.92. The zero-order valence-electron chi connectivity index (χ0n) is 21.0. The summed E-state index contributed by atoms with van der Waals surface area (Å²) in [6.45, 7) is 2.05. The zero-order valence-corrected chi connectivity index (χ0v) is 21.8. The van der Waals surface area contributed by atoms with Crippen molar-refractivity contribution in [1.82, 2.24) is 0 Å². The molecule has 3 rings (SSSR count). The number of rotatable bonds is 11. The second kappa shape index (κ2) is 13.6. The van der Waals surface area contributed by atoms with E-state index < -0.39 is 11.8 Å². The lowest BCUT2D eigenvalue weighted by atomic mass is 10.1. The van der Waals surface area contributed by atoms with Gasteiger partial charge in [-0.25, -0.2) is 0 Å². The van der Waals surface area contributed by atoms with E-state index in [9.17, 15) is 14.9 Å². The van der Waals surface area contributed by atoms with Gasteiger partial charge in [0.15, 0.2) is 18.1 Å². The lowest BCUT2D eigenvalue weighted by Gasteiger charge is -2.14. The van der Waals surface area contributed by atoms with Crippen LogP contribution in [0.5, 0.6) is 23.0 Å². The Balaban J connectivity index is 1.72. The van der Waals surface area contributed by atoms with Crippen LogP contribution in [0.25, 0.3) is 6.08 Å². The fourth-order valence-electron chi connectivity index (χ4n) is 3.35. The number of carbonyl (C=O) groups is 2. The second-order valence-corrected chi connectivity index (χ2v) is 8.06. The molecule has 196 valence electrons. The van der Waals surface area contributed by atoms with E-state index in [2.05, 4.69) is 10.6 Å². The van der Waals surface area contributed by atoms with Crippen molar-refractivity contribution in [3.8, 4) is 29.1 Å². The molecule has 0 aromatic heterocycles. The largest absolute Gasteiger partial charge is 0.495 e. The van der Waals surface area contributed by atoms with Gasteiger partial charge in [-0.1, -0.05) is 23.7 Å². The van der Waals surface area contributed by atoms with Crippen molar-refractivity contribution >= 4 is 40.9 Å². The van der Waals surface area contributed by atoms with Crippen LogP contribution in [0.15, 0.2) is 66.2 Å². The van der Waals surface area contributed by atoms with E-state index in [1.807, 2.05) is 13.0 Å². The van der Waals surface area contributed by atoms with Gasteiger partial charge < -0.3 is 29.6 Å². The maximum Gasteiger partial charge on any atom is 0.266 e. The van der Waals surface area contributed by atoms with Crippen molar-refractivity contribution in [2.45, 2.75) is 6.92 Å². The summed E-state index contributed by atoms with van der Waals surface area (Å²) in [5.41, 5.74) is 1.28. The maximum absolute atomic E-state index is 12.7. The van der Waals surface area contributed by atoms with Gasteiger partial charge in [0.2, 0.25) is 0 Å². The predicted octanol–water partition coefficient (Wildman–Crippen LogP) is 5.32. The highest BCUT2D eigenvalue weighted by atomic mass is 35.5. The number of nitrogens with zero attached hydrogens (tertiary/aromatic N) is 1. The average molecular weight is 536 g/mol. The van der Waals surface area contributed by atoms with E-state index in [1.165, 1.54) is 26.4 Å². The lowest BCUT2D eigenvalue weighted by Crippen LogP contribution is -2.20. The molecule has 0 atom stereocenters. The molecule has 0 spiro atoms. The molecule has 0 saturated carbocycles. The quantitative estimate of drug-likeness (QED) is 0.252. The fourth-order valence-corrected chi connectivity index (χ4v) is 3.62. The number of amides is 2. The molecule has 3 aromatic carbocycles. The van der Waals surface area contributed by atoms with E-state index in [-0.39, 0.29) is 28.7 Å². The standard InChI is InChI=1S/C28H26ClN3O6/c1-4-37-21-11-9-20(10-12-21)31-28(34)19(16-30)13-18-14-22(29)27(25(15-18)36-3)38-17-26(33)32-23-7-5-6-8-24(23)35-2/h5-15H,4,17H2,1-3H3,(H,31,34)(H,32,33)/b19-13+. The number of anilines is 2. The van der Waals surface area contributed by atoms with Crippen molar-refractivity contribution in [1.29, 1.82) is 5.26 Å². The monoisotopic (exact) mass is 535 g/mol. The Bertz CT molecular complexity index is 1370. The van der Waals surface area contributed by atoms with Crippen molar-refractivity contribution in [3.63, 3.8) is 0 Å². The first-order chi connectivity index (χ1) is 18.4. The van der Waals surface area contributed by atoms with Crippen LogP contribution in [0.2, 0.25) is 5.02 Å². The normalized spacial score (nSPS) is 10.7. The number of ether oxygens (including phenoxy) is 4. The summed E-state index contributed by atoms with van der Waals surface area (Å²) >= 11 is 6.40. The third-order valence-corrected chi connectivity index (χ3v) is 5.36. The first-order valence-electron chi connectivity index (χ1n) is 11.5. The molecule has 2 amide bonds. The predicted molar refractivity (Wildman–Crippen MR) is 145 cm³/mol. The highest BCUT2D eigenvalue weighted by Crippen LogP contribution is 2.37. The summed E-state index contributed by atoms with van der Waals surface area (Å²) in [5.74, 6) is 0.502. The smallest absolute Gasteiger partial charge is 0.266 e. The Labute approximate surface area is 225 Å². The number of nitrogens with one attached hydrogen (secondary N) is 2. The molecule has 0 fully saturated rings. The minimum atomic E-state index is -0.597. The maximum atomic E-state index is 12.7. The number of nitriles is 1. The number of halogens is 1. The second-order valence-electron chi connectivity index (χ2n) is 7.65. The van der Waals surface area contributed by atoms with Crippen LogP contribution < -0.4 is 29.6 Å². The van der Waals surface area contributed by atoms with E-state index in [0.717, 1.165) is 0 Å². The van der Waals surface area contributed by atoms with Crippen molar-refractivity contribution < 1.29 is 28.5 Å². The molecule has 0 radical (unpaired) electrons. The van der Waals surface area contributed by atoms with Crippen LogP contribution in [0.1, 0.15) is 12.5 Å². The lowest BCUT2D eigenvalue weighted by molar-refractivity contribution is -0.118. The van der Waals surface area contributed by atoms with E-state index in [0.29, 0.717) is 35.0 Å². The molecule has 0 bridgehead atoms.